The minimum atomic E-state index is 0.160. The zero-order valence-corrected chi connectivity index (χ0v) is 16.4. The molecule has 3 rings (SSSR count). The van der Waals surface area contributed by atoms with Gasteiger partial charge in [0.25, 0.3) is 0 Å². The average Bonchev–Trinajstić information content (AvgIpc) is 2.65. The van der Waals surface area contributed by atoms with E-state index in [9.17, 15) is 0 Å². The van der Waals surface area contributed by atoms with Crippen LogP contribution in [0.25, 0.3) is 0 Å². The summed E-state index contributed by atoms with van der Waals surface area (Å²) in [4.78, 5) is 1.52. The number of anilines is 1. The van der Waals surface area contributed by atoms with E-state index in [0.29, 0.717) is 16.2 Å². The van der Waals surface area contributed by atoms with Crippen LogP contribution in [0.2, 0.25) is 5.02 Å². The molecule has 0 saturated carbocycles. The third-order valence-corrected chi connectivity index (χ3v) is 5.26. The van der Waals surface area contributed by atoms with E-state index in [1.165, 1.54) is 10.5 Å². The van der Waals surface area contributed by atoms with E-state index in [1.807, 2.05) is 24.3 Å². The number of halogens is 1. The van der Waals surface area contributed by atoms with Gasteiger partial charge in [-0.1, -0.05) is 54.1 Å². The summed E-state index contributed by atoms with van der Waals surface area (Å²) in [5.41, 5.74) is 2.12. The Bertz CT molecular complexity index is 722. The van der Waals surface area contributed by atoms with Crippen LogP contribution in [0.5, 0.6) is 0 Å². The topological polar surface area (TPSA) is 37.7 Å². The van der Waals surface area contributed by atoms with Crippen LogP contribution in [-0.2, 0) is 4.74 Å². The molecule has 6 heteroatoms. The van der Waals surface area contributed by atoms with Gasteiger partial charge in [-0.3, -0.25) is 0 Å². The van der Waals surface area contributed by atoms with Crippen LogP contribution in [0.4, 0.5) is 5.69 Å². The molecule has 1 aliphatic heterocycles. The van der Waals surface area contributed by atoms with E-state index in [4.69, 9.17) is 28.6 Å². The van der Waals surface area contributed by atoms with E-state index in [1.54, 1.807) is 0 Å². The molecule has 26 heavy (non-hydrogen) atoms. The average molecular weight is 391 g/mol. The van der Waals surface area contributed by atoms with E-state index in [-0.39, 0.29) is 6.04 Å². The smallest absolute Gasteiger partial charge is 0.171 e. The predicted molar refractivity (Wildman–Crippen MR) is 111 cm³/mol. The zero-order valence-electron chi connectivity index (χ0n) is 14.9. The monoisotopic (exact) mass is 390 g/mol. The molecule has 2 aromatic rings. The van der Waals surface area contributed by atoms with E-state index >= 15 is 0 Å². The third-order valence-electron chi connectivity index (χ3n) is 4.71. The van der Waals surface area contributed by atoms with Crippen LogP contribution in [-0.4, -0.2) is 37.5 Å². The van der Waals surface area contributed by atoms with Crippen molar-refractivity contribution < 1.29 is 9.64 Å². The van der Waals surface area contributed by atoms with Gasteiger partial charge in [0, 0.05) is 5.56 Å². The molecule has 1 saturated heterocycles. The second kappa shape index (κ2) is 9.33. The minimum Gasteiger partial charge on any atom is -0.370 e. The number of nitrogens with one attached hydrogen (secondary N) is 3. The molecule has 2 atom stereocenters. The Labute approximate surface area is 165 Å². The second-order valence-corrected chi connectivity index (χ2v) is 7.34. The molecule has 0 aromatic heterocycles. The Kier molecular flexibility index (Phi) is 6.86. The van der Waals surface area contributed by atoms with Gasteiger partial charge in [-0.05, 0) is 31.3 Å². The first kappa shape index (κ1) is 19.1. The second-order valence-electron chi connectivity index (χ2n) is 6.53. The molecule has 138 valence electrons. The van der Waals surface area contributed by atoms with Gasteiger partial charge in [-0.15, -0.1) is 0 Å². The van der Waals surface area contributed by atoms with Crippen LogP contribution in [0, 0.1) is 0 Å². The summed E-state index contributed by atoms with van der Waals surface area (Å²) >= 11 is 11.7. The number of benzene rings is 2. The fraction of sp³-hybridized carbons (Fsp3) is 0.350. The van der Waals surface area contributed by atoms with Gasteiger partial charge < -0.3 is 20.3 Å². The van der Waals surface area contributed by atoms with Crippen LogP contribution in [0.3, 0.4) is 0 Å². The summed E-state index contributed by atoms with van der Waals surface area (Å²) in [7, 11) is 0. The van der Waals surface area contributed by atoms with E-state index < -0.39 is 0 Å². The summed E-state index contributed by atoms with van der Waals surface area (Å²) in [5, 5.41) is 7.89. The molecular weight excluding hydrogens is 366 g/mol. The highest BCUT2D eigenvalue weighted by Gasteiger charge is 2.31. The van der Waals surface area contributed by atoms with Crippen molar-refractivity contribution in [2.24, 2.45) is 0 Å². The fourth-order valence-corrected chi connectivity index (χ4v) is 3.97. The zero-order chi connectivity index (χ0) is 18.4. The lowest BCUT2D eigenvalue weighted by atomic mass is 9.98. The van der Waals surface area contributed by atoms with Crippen LogP contribution in [0.1, 0.15) is 18.5 Å². The highest BCUT2D eigenvalue weighted by Crippen LogP contribution is 2.20. The van der Waals surface area contributed by atoms with Gasteiger partial charge in [-0.2, -0.15) is 0 Å². The lowest BCUT2D eigenvalue weighted by Gasteiger charge is -2.35. The molecule has 0 radical (unpaired) electrons. The Morgan fingerprint density at radius 2 is 1.73 bits per heavy atom. The molecule has 2 aromatic carbocycles. The fourth-order valence-electron chi connectivity index (χ4n) is 3.49. The number of para-hydroxylation sites is 1. The molecule has 0 aliphatic carbocycles. The first-order valence-corrected chi connectivity index (χ1v) is 9.73. The van der Waals surface area contributed by atoms with Crippen molar-refractivity contribution >= 4 is 34.6 Å². The van der Waals surface area contributed by atoms with Crippen molar-refractivity contribution in [3.63, 3.8) is 0 Å². The van der Waals surface area contributed by atoms with Gasteiger partial charge in [-0.25, -0.2) is 0 Å². The number of ether oxygens (including phenoxy) is 1. The van der Waals surface area contributed by atoms with Crippen molar-refractivity contribution in [3.05, 3.63) is 65.2 Å². The van der Waals surface area contributed by atoms with Crippen molar-refractivity contribution in [1.29, 1.82) is 0 Å². The van der Waals surface area contributed by atoms with Crippen LogP contribution < -0.4 is 15.5 Å². The SMILES string of the molecule is C[C@@H](NC(=S)Nc1ccccc1Cl)[C@@H](c1ccccc1)[NH+]1CCOCC1. The summed E-state index contributed by atoms with van der Waals surface area (Å²) in [5.74, 6) is 0. The lowest BCUT2D eigenvalue weighted by molar-refractivity contribution is -0.940. The number of thiocarbonyl (C=S) groups is 1. The first-order valence-electron chi connectivity index (χ1n) is 8.94. The summed E-state index contributed by atoms with van der Waals surface area (Å²) in [6.07, 6.45) is 0. The first-order chi connectivity index (χ1) is 12.6. The van der Waals surface area contributed by atoms with Crippen LogP contribution >= 0.6 is 23.8 Å². The molecule has 0 spiro atoms. The highest BCUT2D eigenvalue weighted by atomic mass is 35.5. The van der Waals surface area contributed by atoms with Crippen LogP contribution in [0.15, 0.2) is 54.6 Å². The van der Waals surface area contributed by atoms with E-state index in [2.05, 4.69) is 47.9 Å². The Morgan fingerprint density at radius 3 is 2.42 bits per heavy atom. The number of rotatable bonds is 5. The largest absolute Gasteiger partial charge is 0.370 e. The number of quaternary nitrogens is 1. The quantitative estimate of drug-likeness (QED) is 0.686. The normalized spacial score (nSPS) is 17.3. The van der Waals surface area contributed by atoms with Crippen molar-refractivity contribution in [3.8, 4) is 0 Å². The van der Waals surface area contributed by atoms with Gasteiger partial charge in [0.1, 0.15) is 19.1 Å². The minimum absolute atomic E-state index is 0.160. The molecule has 0 bridgehead atoms. The Hall–Kier alpha value is -1.66. The van der Waals surface area contributed by atoms with Gasteiger partial charge >= 0.3 is 0 Å². The molecule has 1 heterocycles. The highest BCUT2D eigenvalue weighted by molar-refractivity contribution is 7.80. The van der Waals surface area contributed by atoms with Gasteiger partial charge in [0.15, 0.2) is 5.11 Å². The molecular formula is C20H25ClN3OS+. The molecule has 1 fully saturated rings. The maximum atomic E-state index is 6.22. The lowest BCUT2D eigenvalue weighted by Crippen LogP contribution is -3.15. The van der Waals surface area contributed by atoms with Crippen molar-refractivity contribution in [1.82, 2.24) is 5.32 Å². The molecule has 4 nitrogen and oxygen atoms in total. The maximum Gasteiger partial charge on any atom is 0.171 e. The standard InChI is InChI=1S/C20H24ClN3OS/c1-15(22-20(26)23-18-10-6-5-9-17(18)21)19(16-7-3-2-4-8-16)24-11-13-25-14-12-24/h2-10,15,19H,11-14H2,1H3,(H2,22,23,26)/p+1/t15-,19+/m1/s1. The molecule has 1 aliphatic rings. The number of hydrogen-bond acceptors (Lipinski definition) is 2. The van der Waals surface area contributed by atoms with E-state index in [0.717, 1.165) is 32.0 Å². The summed E-state index contributed by atoms with van der Waals surface area (Å²) < 4.78 is 5.54. The maximum absolute atomic E-state index is 6.22. The number of morpholine rings is 1. The van der Waals surface area contributed by atoms with Crippen molar-refractivity contribution in [2.75, 3.05) is 31.6 Å². The summed E-state index contributed by atoms with van der Waals surface area (Å²) in [6, 6.07) is 18.7. The third kappa shape index (κ3) is 4.95. The molecule has 3 N–H and O–H groups in total. The molecule has 0 unspecified atom stereocenters. The Morgan fingerprint density at radius 1 is 1.08 bits per heavy atom. The van der Waals surface area contributed by atoms with Crippen molar-refractivity contribution in [2.45, 2.75) is 19.0 Å². The molecule has 0 amide bonds. The Balaban J connectivity index is 1.71. The summed E-state index contributed by atoms with van der Waals surface area (Å²) in [6.45, 7) is 5.77. The van der Waals surface area contributed by atoms with Gasteiger partial charge in [0.2, 0.25) is 0 Å². The predicted octanol–water partition coefficient (Wildman–Crippen LogP) is 2.67. The van der Waals surface area contributed by atoms with Gasteiger partial charge in [0.05, 0.1) is 30.0 Å². The number of hydrogen-bond donors (Lipinski definition) is 3.